The van der Waals surface area contributed by atoms with Gasteiger partial charge in [0.05, 0.1) is 0 Å². The van der Waals surface area contributed by atoms with E-state index in [1.54, 1.807) is 12.1 Å². The zero-order valence-corrected chi connectivity index (χ0v) is 13.2. The van der Waals surface area contributed by atoms with Crippen LogP contribution in [0, 0.1) is 5.82 Å². The standard InChI is InChI=1S/C16H16BrFN2O/c1-2-16(15(19)21,11-4-3-5-12(17)10-11)20-14-8-6-13(18)7-9-14/h3-10,20H,2H2,1H3,(H2,19,21). The van der Waals surface area contributed by atoms with Crippen LogP contribution < -0.4 is 11.1 Å². The number of hydrogen-bond acceptors (Lipinski definition) is 2. The molecule has 2 aromatic rings. The molecule has 0 saturated carbocycles. The van der Waals surface area contributed by atoms with Crippen molar-refractivity contribution in [2.24, 2.45) is 5.73 Å². The first-order valence-corrected chi connectivity index (χ1v) is 7.37. The van der Waals surface area contributed by atoms with E-state index in [0.29, 0.717) is 12.1 Å². The van der Waals surface area contributed by atoms with Gasteiger partial charge < -0.3 is 11.1 Å². The number of benzene rings is 2. The molecule has 0 aliphatic rings. The average molecular weight is 351 g/mol. The summed E-state index contributed by atoms with van der Waals surface area (Å²) in [6.45, 7) is 1.88. The summed E-state index contributed by atoms with van der Waals surface area (Å²) in [6, 6.07) is 13.3. The van der Waals surface area contributed by atoms with Gasteiger partial charge in [0.2, 0.25) is 5.91 Å². The summed E-state index contributed by atoms with van der Waals surface area (Å²) in [6.07, 6.45) is 0.468. The summed E-state index contributed by atoms with van der Waals surface area (Å²) >= 11 is 3.40. The fourth-order valence-electron chi connectivity index (χ4n) is 2.28. The van der Waals surface area contributed by atoms with Crippen LogP contribution in [0.15, 0.2) is 53.0 Å². The van der Waals surface area contributed by atoms with E-state index < -0.39 is 11.4 Å². The predicted molar refractivity (Wildman–Crippen MR) is 85.3 cm³/mol. The van der Waals surface area contributed by atoms with E-state index in [4.69, 9.17) is 5.73 Å². The Morgan fingerprint density at radius 3 is 2.48 bits per heavy atom. The molecule has 21 heavy (non-hydrogen) atoms. The summed E-state index contributed by atoms with van der Waals surface area (Å²) in [5.74, 6) is -0.809. The molecule has 1 atom stereocenters. The van der Waals surface area contributed by atoms with E-state index in [1.165, 1.54) is 12.1 Å². The van der Waals surface area contributed by atoms with Gasteiger partial charge >= 0.3 is 0 Å². The number of rotatable bonds is 5. The van der Waals surface area contributed by atoms with Crippen LogP contribution in [0.2, 0.25) is 0 Å². The molecule has 1 amide bonds. The third-order valence-electron chi connectivity index (χ3n) is 3.47. The topological polar surface area (TPSA) is 55.1 Å². The third-order valence-corrected chi connectivity index (χ3v) is 3.96. The lowest BCUT2D eigenvalue weighted by Crippen LogP contribution is -2.47. The van der Waals surface area contributed by atoms with Crippen LogP contribution in [0.3, 0.4) is 0 Å². The summed E-state index contributed by atoms with van der Waals surface area (Å²) in [5, 5.41) is 3.15. The Morgan fingerprint density at radius 1 is 1.29 bits per heavy atom. The van der Waals surface area contributed by atoms with Crippen molar-refractivity contribution in [3.63, 3.8) is 0 Å². The van der Waals surface area contributed by atoms with Crippen LogP contribution in [0.25, 0.3) is 0 Å². The smallest absolute Gasteiger partial charge is 0.247 e. The molecule has 3 nitrogen and oxygen atoms in total. The number of nitrogens with one attached hydrogen (secondary N) is 1. The van der Waals surface area contributed by atoms with Gasteiger partial charge in [0.25, 0.3) is 0 Å². The highest BCUT2D eigenvalue weighted by Gasteiger charge is 2.36. The van der Waals surface area contributed by atoms with E-state index in [9.17, 15) is 9.18 Å². The molecular weight excluding hydrogens is 335 g/mol. The lowest BCUT2D eigenvalue weighted by molar-refractivity contribution is -0.122. The van der Waals surface area contributed by atoms with Crippen molar-refractivity contribution in [3.8, 4) is 0 Å². The number of hydrogen-bond donors (Lipinski definition) is 2. The largest absolute Gasteiger partial charge is 0.368 e. The van der Waals surface area contributed by atoms with Crippen molar-refractivity contribution >= 4 is 27.5 Å². The van der Waals surface area contributed by atoms with Crippen LogP contribution in [0.4, 0.5) is 10.1 Å². The highest BCUT2D eigenvalue weighted by Crippen LogP contribution is 2.31. The molecule has 2 rings (SSSR count). The van der Waals surface area contributed by atoms with Crippen LogP contribution >= 0.6 is 15.9 Å². The SMILES string of the molecule is CCC(Nc1ccc(F)cc1)(C(N)=O)c1cccc(Br)c1. The highest BCUT2D eigenvalue weighted by molar-refractivity contribution is 9.10. The Kier molecular flexibility index (Phi) is 4.63. The van der Waals surface area contributed by atoms with Gasteiger partial charge in [0.1, 0.15) is 11.4 Å². The van der Waals surface area contributed by atoms with Crippen molar-refractivity contribution in [3.05, 3.63) is 64.4 Å². The number of halogens is 2. The molecule has 0 radical (unpaired) electrons. The first kappa shape index (κ1) is 15.5. The molecule has 0 spiro atoms. The Morgan fingerprint density at radius 2 is 1.95 bits per heavy atom. The van der Waals surface area contributed by atoms with Crippen molar-refractivity contribution < 1.29 is 9.18 Å². The molecule has 1 unspecified atom stereocenters. The fraction of sp³-hybridized carbons (Fsp3) is 0.188. The van der Waals surface area contributed by atoms with Crippen molar-refractivity contribution in [1.29, 1.82) is 0 Å². The zero-order valence-electron chi connectivity index (χ0n) is 11.6. The highest BCUT2D eigenvalue weighted by atomic mass is 79.9. The lowest BCUT2D eigenvalue weighted by atomic mass is 9.86. The first-order chi connectivity index (χ1) is 9.98. The molecule has 3 N–H and O–H groups in total. The lowest BCUT2D eigenvalue weighted by Gasteiger charge is -2.32. The molecule has 0 fully saturated rings. The average Bonchev–Trinajstić information content (AvgIpc) is 2.46. The first-order valence-electron chi connectivity index (χ1n) is 6.57. The number of nitrogens with two attached hydrogens (primary N) is 1. The zero-order chi connectivity index (χ0) is 15.5. The molecule has 0 bridgehead atoms. The summed E-state index contributed by atoms with van der Waals surface area (Å²) in [4.78, 5) is 12.1. The van der Waals surface area contributed by atoms with Gasteiger partial charge in [-0.2, -0.15) is 0 Å². The maximum absolute atomic E-state index is 13.0. The van der Waals surface area contributed by atoms with Crippen molar-refractivity contribution in [2.45, 2.75) is 18.9 Å². The van der Waals surface area contributed by atoms with Crippen molar-refractivity contribution in [2.75, 3.05) is 5.32 Å². The summed E-state index contributed by atoms with van der Waals surface area (Å²) < 4.78 is 13.9. The molecule has 0 saturated heterocycles. The van der Waals surface area contributed by atoms with Gasteiger partial charge in [0, 0.05) is 10.2 Å². The van der Waals surface area contributed by atoms with Gasteiger partial charge in [-0.05, 0) is 48.4 Å². The van der Waals surface area contributed by atoms with Gasteiger partial charge in [-0.15, -0.1) is 0 Å². The van der Waals surface area contributed by atoms with Crippen LogP contribution in [0.1, 0.15) is 18.9 Å². The van der Waals surface area contributed by atoms with E-state index in [0.717, 1.165) is 10.0 Å². The quantitative estimate of drug-likeness (QED) is 0.861. The molecular formula is C16H16BrFN2O. The number of carbonyl (C=O) groups is 1. The summed E-state index contributed by atoms with van der Waals surface area (Å²) in [5.41, 5.74) is 6.01. The summed E-state index contributed by atoms with van der Waals surface area (Å²) in [7, 11) is 0. The molecule has 0 aliphatic carbocycles. The molecule has 110 valence electrons. The van der Waals surface area contributed by atoms with Crippen LogP contribution in [-0.4, -0.2) is 5.91 Å². The van der Waals surface area contributed by atoms with E-state index >= 15 is 0 Å². The second kappa shape index (κ2) is 6.26. The predicted octanol–water partition coefficient (Wildman–Crippen LogP) is 3.79. The van der Waals surface area contributed by atoms with E-state index in [2.05, 4.69) is 21.2 Å². The molecule has 5 heteroatoms. The second-order valence-corrected chi connectivity index (χ2v) is 5.68. The number of amides is 1. The normalized spacial score (nSPS) is 13.5. The van der Waals surface area contributed by atoms with Crippen molar-refractivity contribution in [1.82, 2.24) is 0 Å². The minimum atomic E-state index is -1.04. The van der Waals surface area contributed by atoms with Crippen LogP contribution in [0.5, 0.6) is 0 Å². The second-order valence-electron chi connectivity index (χ2n) is 4.77. The monoisotopic (exact) mass is 350 g/mol. The maximum atomic E-state index is 13.0. The molecule has 0 aliphatic heterocycles. The maximum Gasteiger partial charge on any atom is 0.247 e. The molecule has 0 heterocycles. The van der Waals surface area contributed by atoms with E-state index in [1.807, 2.05) is 31.2 Å². The minimum absolute atomic E-state index is 0.329. The Labute approximate surface area is 131 Å². The van der Waals surface area contributed by atoms with E-state index in [-0.39, 0.29) is 5.82 Å². The van der Waals surface area contributed by atoms with Gasteiger partial charge in [-0.3, -0.25) is 4.79 Å². The number of primary amides is 1. The van der Waals surface area contributed by atoms with Crippen LogP contribution in [-0.2, 0) is 10.3 Å². The third kappa shape index (κ3) is 3.24. The van der Waals surface area contributed by atoms with Gasteiger partial charge in [-0.1, -0.05) is 35.0 Å². The molecule has 2 aromatic carbocycles. The fourth-order valence-corrected chi connectivity index (χ4v) is 2.68. The Bertz CT molecular complexity index is 645. The minimum Gasteiger partial charge on any atom is -0.368 e. The Hall–Kier alpha value is -1.88. The molecule has 0 aromatic heterocycles. The van der Waals surface area contributed by atoms with Gasteiger partial charge in [0.15, 0.2) is 0 Å². The number of anilines is 1. The van der Waals surface area contributed by atoms with Gasteiger partial charge in [-0.25, -0.2) is 4.39 Å². The Balaban J connectivity index is 2.46. The number of carbonyl (C=O) groups excluding carboxylic acids is 1.